The maximum absolute atomic E-state index is 14.1. The van der Waals surface area contributed by atoms with Crippen molar-refractivity contribution in [2.24, 2.45) is 0 Å². The number of nitrogens with one attached hydrogen (secondary N) is 1. The summed E-state index contributed by atoms with van der Waals surface area (Å²) >= 11 is 1.61. The van der Waals surface area contributed by atoms with Crippen LogP contribution in [0.4, 0.5) is 10.3 Å². The first-order valence-corrected chi connectivity index (χ1v) is 7.26. The van der Waals surface area contributed by atoms with Gasteiger partial charge in [-0.1, -0.05) is 29.4 Å². The standard InChI is InChI=1S/C14H10FN5S/c15-10-5-2-1-4-9(10)12-8-11(13-6-3-7-21-13)16-14-17-18-19-20(12)14/h1-8,12H,(H,16,17,19). The molecule has 7 heteroatoms. The van der Waals surface area contributed by atoms with Crippen molar-refractivity contribution in [1.82, 2.24) is 20.2 Å². The first kappa shape index (κ1) is 12.2. The second kappa shape index (κ2) is 4.78. The molecule has 0 bridgehead atoms. The van der Waals surface area contributed by atoms with E-state index < -0.39 is 0 Å². The maximum Gasteiger partial charge on any atom is 0.248 e. The van der Waals surface area contributed by atoms with Gasteiger partial charge in [-0.3, -0.25) is 0 Å². The Kier molecular flexibility index (Phi) is 2.78. The third-order valence-electron chi connectivity index (χ3n) is 3.34. The Bertz CT molecular complexity index is 808. The molecule has 1 aromatic carbocycles. The molecule has 1 atom stereocenters. The van der Waals surface area contributed by atoms with Gasteiger partial charge in [-0.15, -0.1) is 11.3 Å². The molecule has 104 valence electrons. The highest BCUT2D eigenvalue weighted by molar-refractivity contribution is 7.11. The van der Waals surface area contributed by atoms with Crippen molar-refractivity contribution in [3.63, 3.8) is 0 Å². The van der Waals surface area contributed by atoms with Crippen LogP contribution in [0.5, 0.6) is 0 Å². The number of nitrogens with zero attached hydrogens (tertiary/aromatic N) is 4. The molecule has 0 spiro atoms. The van der Waals surface area contributed by atoms with Gasteiger partial charge in [-0.2, -0.15) is 4.68 Å². The lowest BCUT2D eigenvalue weighted by Crippen LogP contribution is -2.20. The van der Waals surface area contributed by atoms with E-state index in [1.54, 1.807) is 28.2 Å². The van der Waals surface area contributed by atoms with Gasteiger partial charge in [0.1, 0.15) is 11.9 Å². The monoisotopic (exact) mass is 299 g/mol. The molecule has 3 aromatic rings. The van der Waals surface area contributed by atoms with Crippen molar-refractivity contribution < 1.29 is 4.39 Å². The topological polar surface area (TPSA) is 55.6 Å². The van der Waals surface area contributed by atoms with E-state index in [-0.39, 0.29) is 11.9 Å². The predicted octanol–water partition coefficient (Wildman–Crippen LogP) is 2.93. The Labute approximate surface area is 123 Å². The molecule has 1 aliphatic heterocycles. The van der Waals surface area contributed by atoms with E-state index in [9.17, 15) is 4.39 Å². The van der Waals surface area contributed by atoms with Crippen LogP contribution in [0.3, 0.4) is 0 Å². The van der Waals surface area contributed by atoms with Crippen molar-refractivity contribution in [3.05, 3.63) is 64.1 Å². The van der Waals surface area contributed by atoms with Gasteiger partial charge >= 0.3 is 0 Å². The maximum atomic E-state index is 14.1. The molecule has 3 heterocycles. The fourth-order valence-electron chi connectivity index (χ4n) is 2.37. The summed E-state index contributed by atoms with van der Waals surface area (Å²) in [7, 11) is 0. The first-order valence-electron chi connectivity index (χ1n) is 6.38. The van der Waals surface area contributed by atoms with Crippen LogP contribution in [-0.4, -0.2) is 20.2 Å². The SMILES string of the molecule is Fc1ccccc1C1C=C(c2cccs2)Nc2nnnn21. The molecular formula is C14H10FN5S. The van der Waals surface area contributed by atoms with Gasteiger partial charge in [0, 0.05) is 5.56 Å². The molecule has 1 aliphatic rings. The zero-order chi connectivity index (χ0) is 14.2. The lowest BCUT2D eigenvalue weighted by Gasteiger charge is -2.23. The van der Waals surface area contributed by atoms with E-state index in [1.165, 1.54) is 6.07 Å². The molecule has 2 aromatic heterocycles. The number of fused-ring (bicyclic) bond motifs is 1. The summed E-state index contributed by atoms with van der Waals surface area (Å²) < 4.78 is 15.7. The minimum atomic E-state index is -0.366. The fourth-order valence-corrected chi connectivity index (χ4v) is 3.07. The number of benzene rings is 1. The number of halogens is 1. The van der Waals surface area contributed by atoms with E-state index in [0.717, 1.165) is 10.6 Å². The lowest BCUT2D eigenvalue weighted by atomic mass is 10.0. The Balaban J connectivity index is 1.87. The molecule has 0 saturated carbocycles. The molecule has 5 nitrogen and oxygen atoms in total. The zero-order valence-corrected chi connectivity index (χ0v) is 11.6. The second-order valence-corrected chi connectivity index (χ2v) is 5.54. The summed E-state index contributed by atoms with van der Waals surface area (Å²) in [6.07, 6.45) is 1.94. The second-order valence-electron chi connectivity index (χ2n) is 4.60. The largest absolute Gasteiger partial charge is 0.322 e. The molecule has 0 radical (unpaired) electrons. The van der Waals surface area contributed by atoms with Gasteiger partial charge in [-0.25, -0.2) is 4.39 Å². The minimum Gasteiger partial charge on any atom is -0.322 e. The number of thiophene rings is 1. The predicted molar refractivity (Wildman–Crippen MR) is 78.3 cm³/mol. The zero-order valence-electron chi connectivity index (χ0n) is 10.8. The van der Waals surface area contributed by atoms with Crippen molar-refractivity contribution >= 4 is 23.0 Å². The van der Waals surface area contributed by atoms with Gasteiger partial charge < -0.3 is 5.32 Å². The quantitative estimate of drug-likeness (QED) is 0.790. The summed E-state index contributed by atoms with van der Waals surface area (Å²) in [5, 5.41) is 16.8. The third-order valence-corrected chi connectivity index (χ3v) is 4.24. The average Bonchev–Trinajstić information content (AvgIpc) is 3.18. The number of aromatic nitrogens is 4. The number of allylic oxidation sites excluding steroid dienone is 1. The Morgan fingerprint density at radius 3 is 2.90 bits per heavy atom. The molecule has 0 aliphatic carbocycles. The van der Waals surface area contributed by atoms with E-state index >= 15 is 0 Å². The average molecular weight is 299 g/mol. The number of hydrogen-bond donors (Lipinski definition) is 1. The fraction of sp³-hybridized carbons (Fsp3) is 0.0714. The highest BCUT2D eigenvalue weighted by Gasteiger charge is 2.26. The summed E-state index contributed by atoms with van der Waals surface area (Å²) in [5.41, 5.74) is 1.43. The Morgan fingerprint density at radius 2 is 2.10 bits per heavy atom. The number of tetrazole rings is 1. The van der Waals surface area contributed by atoms with Crippen molar-refractivity contribution in [2.75, 3.05) is 5.32 Å². The number of rotatable bonds is 2. The van der Waals surface area contributed by atoms with Crippen LogP contribution in [-0.2, 0) is 0 Å². The highest BCUT2D eigenvalue weighted by Crippen LogP contribution is 2.33. The Hall–Kier alpha value is -2.54. The van der Waals surface area contributed by atoms with Crippen LogP contribution >= 0.6 is 11.3 Å². The van der Waals surface area contributed by atoms with Crippen LogP contribution in [0.25, 0.3) is 5.70 Å². The summed E-state index contributed by atoms with van der Waals surface area (Å²) in [5.74, 6) is 0.238. The van der Waals surface area contributed by atoms with Gasteiger partial charge in [0.05, 0.1) is 10.6 Å². The third kappa shape index (κ3) is 2.02. The van der Waals surface area contributed by atoms with E-state index in [1.807, 2.05) is 29.7 Å². The van der Waals surface area contributed by atoms with Crippen molar-refractivity contribution in [1.29, 1.82) is 0 Å². The van der Waals surface area contributed by atoms with Gasteiger partial charge in [-0.05, 0) is 34.0 Å². The van der Waals surface area contributed by atoms with Crippen LogP contribution in [0.15, 0.2) is 47.9 Å². The summed E-state index contributed by atoms with van der Waals surface area (Å²) in [6.45, 7) is 0. The first-order chi connectivity index (χ1) is 10.3. The van der Waals surface area contributed by atoms with Crippen LogP contribution in [0, 0.1) is 5.82 Å². The molecule has 0 fully saturated rings. The van der Waals surface area contributed by atoms with Crippen molar-refractivity contribution in [2.45, 2.75) is 6.04 Å². The van der Waals surface area contributed by atoms with E-state index in [0.29, 0.717) is 11.5 Å². The smallest absolute Gasteiger partial charge is 0.248 e. The van der Waals surface area contributed by atoms with Crippen molar-refractivity contribution in [3.8, 4) is 0 Å². The van der Waals surface area contributed by atoms with Crippen LogP contribution in [0.2, 0.25) is 0 Å². The summed E-state index contributed by atoms with van der Waals surface area (Å²) in [4.78, 5) is 1.06. The van der Waals surface area contributed by atoms with Gasteiger partial charge in [0.2, 0.25) is 5.95 Å². The molecular weight excluding hydrogens is 289 g/mol. The lowest BCUT2D eigenvalue weighted by molar-refractivity contribution is 0.540. The highest BCUT2D eigenvalue weighted by atomic mass is 32.1. The van der Waals surface area contributed by atoms with Gasteiger partial charge in [0.15, 0.2) is 0 Å². The minimum absolute atomic E-state index is 0.271. The van der Waals surface area contributed by atoms with Crippen LogP contribution in [0.1, 0.15) is 16.5 Å². The van der Waals surface area contributed by atoms with E-state index in [4.69, 9.17) is 0 Å². The molecule has 1 N–H and O–H groups in total. The molecule has 4 rings (SSSR count). The molecule has 1 unspecified atom stereocenters. The van der Waals surface area contributed by atoms with Gasteiger partial charge in [0.25, 0.3) is 0 Å². The molecule has 0 amide bonds. The Morgan fingerprint density at radius 1 is 1.19 bits per heavy atom. The number of hydrogen-bond acceptors (Lipinski definition) is 5. The normalized spacial score (nSPS) is 17.0. The molecule has 21 heavy (non-hydrogen) atoms. The van der Waals surface area contributed by atoms with E-state index in [2.05, 4.69) is 20.8 Å². The summed E-state index contributed by atoms with van der Waals surface area (Å²) in [6, 6.07) is 10.3. The molecule has 0 saturated heterocycles. The number of anilines is 1. The van der Waals surface area contributed by atoms with Crippen LogP contribution < -0.4 is 5.32 Å².